The molecular weight excluding hydrogens is 376 g/mol. The number of H-pyrrole nitrogens is 1. The fraction of sp³-hybridized carbons (Fsp3) is 0.474. The summed E-state index contributed by atoms with van der Waals surface area (Å²) in [6, 6.07) is 2.61. The smallest absolute Gasteiger partial charge is 0.337 e. The van der Waals surface area contributed by atoms with Crippen molar-refractivity contribution in [2.24, 2.45) is 0 Å². The monoisotopic (exact) mass is 396 g/mol. The molecular formula is C19H20F4N4O. The molecule has 28 heavy (non-hydrogen) atoms. The Kier molecular flexibility index (Phi) is 4.86. The average molecular weight is 396 g/mol. The number of carbonyl (C=O) groups is 1. The molecule has 1 aromatic carbocycles. The first-order valence-corrected chi connectivity index (χ1v) is 9.27. The third kappa shape index (κ3) is 3.50. The standard InChI is InChI=1S/C19H20F4N4O/c20-12-1-2-15(19(21,22)23)14(9-12)11-4-7-27(8-5-11)18(28)17-13-3-6-24-10-16(13)25-26-17/h1-2,9,11,24H,3-8,10H2,(H,25,26). The minimum atomic E-state index is -4.53. The maximum absolute atomic E-state index is 13.6. The second-order valence-corrected chi connectivity index (χ2v) is 7.25. The summed E-state index contributed by atoms with van der Waals surface area (Å²) in [6.07, 6.45) is -3.11. The molecule has 0 unspecified atom stereocenters. The fourth-order valence-electron chi connectivity index (χ4n) is 4.09. The van der Waals surface area contributed by atoms with Gasteiger partial charge >= 0.3 is 6.18 Å². The van der Waals surface area contributed by atoms with Crippen LogP contribution in [0.5, 0.6) is 0 Å². The lowest BCUT2D eigenvalue weighted by atomic mass is 9.86. The number of benzene rings is 1. The van der Waals surface area contributed by atoms with Gasteiger partial charge in [-0.2, -0.15) is 18.3 Å². The van der Waals surface area contributed by atoms with Crippen LogP contribution in [-0.4, -0.2) is 40.6 Å². The number of nitrogens with zero attached hydrogens (tertiary/aromatic N) is 2. The number of amides is 1. The van der Waals surface area contributed by atoms with Gasteiger partial charge in [0.15, 0.2) is 5.69 Å². The van der Waals surface area contributed by atoms with Crippen molar-refractivity contribution < 1.29 is 22.4 Å². The first-order valence-electron chi connectivity index (χ1n) is 9.27. The molecule has 0 aliphatic carbocycles. The molecule has 1 saturated heterocycles. The SMILES string of the molecule is O=C(c1n[nH]c2c1CCNC2)N1CCC(c2cc(F)ccc2C(F)(F)F)CC1. The molecule has 2 N–H and O–H groups in total. The molecule has 5 nitrogen and oxygen atoms in total. The van der Waals surface area contributed by atoms with Gasteiger partial charge in [-0.05, 0) is 55.5 Å². The Labute approximate surface area is 159 Å². The molecule has 1 aromatic heterocycles. The summed E-state index contributed by atoms with van der Waals surface area (Å²) in [5, 5.41) is 10.2. The number of carbonyl (C=O) groups excluding carboxylic acids is 1. The Morgan fingerprint density at radius 3 is 2.68 bits per heavy atom. The molecule has 0 bridgehead atoms. The number of alkyl halides is 3. The lowest BCUT2D eigenvalue weighted by Gasteiger charge is -2.33. The van der Waals surface area contributed by atoms with Crippen molar-refractivity contribution in [3.8, 4) is 0 Å². The largest absolute Gasteiger partial charge is 0.416 e. The van der Waals surface area contributed by atoms with Gasteiger partial charge in [-0.25, -0.2) is 4.39 Å². The summed E-state index contributed by atoms with van der Waals surface area (Å²) in [5.74, 6) is -1.32. The molecule has 1 amide bonds. The highest BCUT2D eigenvalue weighted by molar-refractivity contribution is 5.94. The van der Waals surface area contributed by atoms with E-state index < -0.39 is 23.5 Å². The van der Waals surface area contributed by atoms with E-state index in [1.807, 2.05) is 0 Å². The number of fused-ring (bicyclic) bond motifs is 1. The summed E-state index contributed by atoms with van der Waals surface area (Å²) in [5.41, 5.74) is 1.39. The predicted octanol–water partition coefficient (Wildman–Crippen LogP) is 3.23. The minimum Gasteiger partial charge on any atom is -0.337 e. The van der Waals surface area contributed by atoms with Crippen molar-refractivity contribution in [2.75, 3.05) is 19.6 Å². The summed E-state index contributed by atoms with van der Waals surface area (Å²) < 4.78 is 53.4. The van der Waals surface area contributed by atoms with Crippen LogP contribution in [0.3, 0.4) is 0 Å². The number of rotatable bonds is 2. The summed E-state index contributed by atoms with van der Waals surface area (Å²) in [7, 11) is 0. The molecule has 0 radical (unpaired) electrons. The van der Waals surface area contributed by atoms with Crippen molar-refractivity contribution in [3.63, 3.8) is 0 Å². The van der Waals surface area contributed by atoms with Crippen LogP contribution < -0.4 is 5.32 Å². The Morgan fingerprint density at radius 2 is 1.96 bits per heavy atom. The predicted molar refractivity (Wildman–Crippen MR) is 93.3 cm³/mol. The third-order valence-electron chi connectivity index (χ3n) is 5.55. The van der Waals surface area contributed by atoms with Crippen LogP contribution in [0.4, 0.5) is 17.6 Å². The van der Waals surface area contributed by atoms with E-state index in [0.717, 1.165) is 36.0 Å². The van der Waals surface area contributed by atoms with Crippen molar-refractivity contribution in [3.05, 3.63) is 52.1 Å². The summed E-state index contributed by atoms with van der Waals surface area (Å²) in [6.45, 7) is 2.04. The second-order valence-electron chi connectivity index (χ2n) is 7.25. The van der Waals surface area contributed by atoms with Crippen molar-refractivity contribution in [1.82, 2.24) is 20.4 Å². The molecule has 2 aliphatic rings. The number of hydrogen-bond acceptors (Lipinski definition) is 3. The van der Waals surface area contributed by atoms with E-state index in [2.05, 4.69) is 15.5 Å². The number of aromatic nitrogens is 2. The third-order valence-corrected chi connectivity index (χ3v) is 5.55. The summed E-state index contributed by atoms with van der Waals surface area (Å²) in [4.78, 5) is 14.5. The van der Waals surface area contributed by atoms with Gasteiger partial charge in [-0.15, -0.1) is 0 Å². The molecule has 2 aliphatic heterocycles. The maximum atomic E-state index is 13.6. The van der Waals surface area contributed by atoms with Crippen molar-refractivity contribution in [2.45, 2.75) is 37.9 Å². The number of hydrogen-bond donors (Lipinski definition) is 2. The van der Waals surface area contributed by atoms with E-state index in [9.17, 15) is 22.4 Å². The van der Waals surface area contributed by atoms with E-state index in [4.69, 9.17) is 0 Å². The van der Waals surface area contributed by atoms with Gasteiger partial charge in [0.25, 0.3) is 5.91 Å². The molecule has 0 atom stereocenters. The molecule has 4 rings (SSSR count). The van der Waals surface area contributed by atoms with E-state index in [-0.39, 0.29) is 11.5 Å². The van der Waals surface area contributed by atoms with Crippen LogP contribution >= 0.6 is 0 Å². The van der Waals surface area contributed by atoms with Gasteiger partial charge in [0.1, 0.15) is 5.82 Å². The van der Waals surface area contributed by atoms with Gasteiger partial charge in [-0.1, -0.05) is 0 Å². The van der Waals surface area contributed by atoms with Crippen LogP contribution in [0.1, 0.15) is 51.6 Å². The van der Waals surface area contributed by atoms with Gasteiger partial charge < -0.3 is 10.2 Å². The zero-order valence-corrected chi connectivity index (χ0v) is 15.1. The average Bonchev–Trinajstić information content (AvgIpc) is 3.10. The topological polar surface area (TPSA) is 61.0 Å². The zero-order chi connectivity index (χ0) is 19.9. The highest BCUT2D eigenvalue weighted by Crippen LogP contribution is 2.39. The number of aromatic amines is 1. The molecule has 9 heteroatoms. The van der Waals surface area contributed by atoms with Gasteiger partial charge in [0.05, 0.1) is 11.3 Å². The van der Waals surface area contributed by atoms with Crippen LogP contribution in [-0.2, 0) is 19.1 Å². The Bertz CT molecular complexity index is 885. The highest BCUT2D eigenvalue weighted by atomic mass is 19.4. The number of halogens is 4. The molecule has 1 fully saturated rings. The molecule has 150 valence electrons. The van der Waals surface area contributed by atoms with Crippen LogP contribution in [0, 0.1) is 5.82 Å². The Balaban J connectivity index is 1.49. The summed E-state index contributed by atoms with van der Waals surface area (Å²) >= 11 is 0. The van der Waals surface area contributed by atoms with E-state index in [0.29, 0.717) is 44.6 Å². The first-order chi connectivity index (χ1) is 13.3. The minimum absolute atomic E-state index is 0.0252. The Morgan fingerprint density at radius 1 is 1.21 bits per heavy atom. The van der Waals surface area contributed by atoms with Crippen molar-refractivity contribution in [1.29, 1.82) is 0 Å². The fourth-order valence-corrected chi connectivity index (χ4v) is 4.09. The van der Waals surface area contributed by atoms with Gasteiger partial charge in [-0.3, -0.25) is 9.89 Å². The van der Waals surface area contributed by atoms with E-state index in [1.165, 1.54) is 0 Å². The molecule has 0 spiro atoms. The van der Waals surface area contributed by atoms with Crippen LogP contribution in [0.2, 0.25) is 0 Å². The highest BCUT2D eigenvalue weighted by Gasteiger charge is 2.37. The number of likely N-dealkylation sites (tertiary alicyclic amines) is 1. The quantitative estimate of drug-likeness (QED) is 0.767. The lowest BCUT2D eigenvalue weighted by Crippen LogP contribution is -2.39. The molecule has 0 saturated carbocycles. The zero-order valence-electron chi connectivity index (χ0n) is 15.1. The normalized spacial score (nSPS) is 18.2. The second kappa shape index (κ2) is 7.20. The number of nitrogens with one attached hydrogen (secondary N) is 2. The van der Waals surface area contributed by atoms with Crippen molar-refractivity contribution >= 4 is 5.91 Å². The Hall–Kier alpha value is -2.42. The number of piperidine rings is 1. The molecule has 3 heterocycles. The first kappa shape index (κ1) is 18.9. The van der Waals surface area contributed by atoms with E-state index in [1.54, 1.807) is 4.90 Å². The van der Waals surface area contributed by atoms with Crippen LogP contribution in [0.25, 0.3) is 0 Å². The van der Waals surface area contributed by atoms with E-state index >= 15 is 0 Å². The maximum Gasteiger partial charge on any atom is 0.416 e. The van der Waals surface area contributed by atoms with Crippen LogP contribution in [0.15, 0.2) is 18.2 Å². The lowest BCUT2D eigenvalue weighted by molar-refractivity contribution is -0.138. The van der Waals surface area contributed by atoms with Gasteiger partial charge in [0.2, 0.25) is 0 Å². The molecule has 2 aromatic rings. The van der Waals surface area contributed by atoms with Gasteiger partial charge in [0, 0.05) is 25.2 Å².